The predicted molar refractivity (Wildman–Crippen MR) is 50.3 cm³/mol. The number of hydrogen-bond donors (Lipinski definition) is 0. The molecule has 0 aromatic heterocycles. The minimum absolute atomic E-state index is 0.214. The molecule has 0 radical (unpaired) electrons. The van der Waals surface area contributed by atoms with Crippen LogP contribution in [-0.2, 0) is 6.42 Å². The Bertz CT molecular complexity index is 347. The molecule has 1 aromatic carbocycles. The molecule has 0 saturated carbocycles. The van der Waals surface area contributed by atoms with Crippen molar-refractivity contribution in [3.63, 3.8) is 0 Å². The van der Waals surface area contributed by atoms with Crippen molar-refractivity contribution in [2.75, 3.05) is 6.54 Å². The zero-order chi connectivity index (χ0) is 8.55. The molecular weight excluding hydrogens is 221 g/mol. The number of aliphatic imine (C=N–C) groups is 1. The first-order chi connectivity index (χ1) is 5.77. The van der Waals surface area contributed by atoms with Crippen molar-refractivity contribution >= 4 is 22.1 Å². The van der Waals surface area contributed by atoms with E-state index in [1.54, 1.807) is 6.21 Å². The summed E-state index contributed by atoms with van der Waals surface area (Å²) >= 11 is 3.33. The standard InChI is InChI=1S/C9H7BrFN/c10-9-4-7(11)3-6-5-12-2-1-8(6)9/h3-5H,1-2H2. The van der Waals surface area contributed by atoms with E-state index in [9.17, 15) is 4.39 Å². The van der Waals surface area contributed by atoms with E-state index in [0.717, 1.165) is 28.6 Å². The van der Waals surface area contributed by atoms with Gasteiger partial charge in [-0.2, -0.15) is 0 Å². The Kier molecular flexibility index (Phi) is 1.97. The van der Waals surface area contributed by atoms with Crippen LogP contribution in [0.4, 0.5) is 4.39 Å². The number of nitrogens with zero attached hydrogens (tertiary/aromatic N) is 1. The van der Waals surface area contributed by atoms with Crippen molar-refractivity contribution in [1.29, 1.82) is 0 Å². The van der Waals surface area contributed by atoms with E-state index in [-0.39, 0.29) is 5.82 Å². The molecule has 12 heavy (non-hydrogen) atoms. The third-order valence-corrected chi connectivity index (χ3v) is 2.62. The molecule has 0 spiro atoms. The quantitative estimate of drug-likeness (QED) is 0.647. The molecular formula is C9H7BrFN. The molecule has 1 aliphatic heterocycles. The van der Waals surface area contributed by atoms with Gasteiger partial charge in [0, 0.05) is 17.2 Å². The molecule has 0 atom stereocenters. The topological polar surface area (TPSA) is 12.4 Å². The van der Waals surface area contributed by atoms with Crippen LogP contribution in [0.25, 0.3) is 0 Å². The first kappa shape index (κ1) is 7.92. The van der Waals surface area contributed by atoms with E-state index >= 15 is 0 Å². The van der Waals surface area contributed by atoms with Gasteiger partial charge in [0.05, 0.1) is 0 Å². The summed E-state index contributed by atoms with van der Waals surface area (Å²) in [6, 6.07) is 3.01. The van der Waals surface area contributed by atoms with Crippen LogP contribution >= 0.6 is 15.9 Å². The first-order valence-electron chi connectivity index (χ1n) is 3.75. The lowest BCUT2D eigenvalue weighted by Gasteiger charge is -2.11. The van der Waals surface area contributed by atoms with Crippen molar-refractivity contribution in [3.8, 4) is 0 Å². The number of fused-ring (bicyclic) bond motifs is 1. The van der Waals surface area contributed by atoms with E-state index in [1.165, 1.54) is 12.1 Å². The second kappa shape index (κ2) is 2.98. The number of hydrogen-bond acceptors (Lipinski definition) is 1. The Balaban J connectivity index is 2.62. The summed E-state index contributed by atoms with van der Waals surface area (Å²) < 4.78 is 13.7. The van der Waals surface area contributed by atoms with Crippen LogP contribution in [0.3, 0.4) is 0 Å². The maximum atomic E-state index is 12.9. The van der Waals surface area contributed by atoms with Gasteiger partial charge in [0.25, 0.3) is 0 Å². The number of rotatable bonds is 0. The average Bonchev–Trinajstić information content (AvgIpc) is 2.04. The van der Waals surface area contributed by atoms with Crippen molar-refractivity contribution in [2.24, 2.45) is 4.99 Å². The van der Waals surface area contributed by atoms with Gasteiger partial charge in [-0.15, -0.1) is 0 Å². The molecule has 1 aromatic rings. The predicted octanol–water partition coefficient (Wildman–Crippen LogP) is 2.56. The van der Waals surface area contributed by atoms with E-state index in [4.69, 9.17) is 0 Å². The van der Waals surface area contributed by atoms with Crippen LogP contribution in [0, 0.1) is 5.82 Å². The fourth-order valence-electron chi connectivity index (χ4n) is 1.34. The Labute approximate surface area is 78.4 Å². The summed E-state index contributed by atoms with van der Waals surface area (Å²) in [5.74, 6) is -0.214. The number of halogens is 2. The molecule has 1 aliphatic rings. The van der Waals surface area contributed by atoms with Crippen LogP contribution in [0.15, 0.2) is 21.6 Å². The van der Waals surface area contributed by atoms with Gasteiger partial charge in [0.2, 0.25) is 0 Å². The zero-order valence-corrected chi connectivity index (χ0v) is 7.94. The molecule has 3 heteroatoms. The first-order valence-corrected chi connectivity index (χ1v) is 4.54. The second-order valence-corrected chi connectivity index (χ2v) is 3.60. The summed E-state index contributed by atoms with van der Waals surface area (Å²) in [4.78, 5) is 4.09. The summed E-state index contributed by atoms with van der Waals surface area (Å²) in [5.41, 5.74) is 2.06. The van der Waals surface area contributed by atoms with Gasteiger partial charge >= 0.3 is 0 Å². The largest absolute Gasteiger partial charge is 0.292 e. The molecule has 0 unspecified atom stereocenters. The Morgan fingerprint density at radius 3 is 3.08 bits per heavy atom. The summed E-state index contributed by atoms with van der Waals surface area (Å²) in [7, 11) is 0. The minimum Gasteiger partial charge on any atom is -0.292 e. The lowest BCUT2D eigenvalue weighted by molar-refractivity contribution is 0.625. The normalized spacial score (nSPS) is 14.5. The highest BCUT2D eigenvalue weighted by Crippen LogP contribution is 2.23. The molecule has 0 fully saturated rings. The van der Waals surface area contributed by atoms with Crippen LogP contribution in [0.1, 0.15) is 11.1 Å². The van der Waals surface area contributed by atoms with Gasteiger partial charge < -0.3 is 0 Å². The Morgan fingerprint density at radius 1 is 1.42 bits per heavy atom. The summed E-state index contributed by atoms with van der Waals surface area (Å²) in [6.07, 6.45) is 2.62. The summed E-state index contributed by atoms with van der Waals surface area (Å²) in [5, 5.41) is 0. The van der Waals surface area contributed by atoms with Crippen molar-refractivity contribution in [2.45, 2.75) is 6.42 Å². The van der Waals surface area contributed by atoms with Crippen LogP contribution in [0.2, 0.25) is 0 Å². The van der Waals surface area contributed by atoms with Gasteiger partial charge in [0.1, 0.15) is 5.82 Å². The highest BCUT2D eigenvalue weighted by Gasteiger charge is 2.10. The maximum Gasteiger partial charge on any atom is 0.125 e. The molecule has 0 aliphatic carbocycles. The third kappa shape index (κ3) is 1.29. The lowest BCUT2D eigenvalue weighted by Crippen LogP contribution is -2.04. The Morgan fingerprint density at radius 2 is 2.25 bits per heavy atom. The zero-order valence-electron chi connectivity index (χ0n) is 6.35. The fourth-order valence-corrected chi connectivity index (χ4v) is 1.99. The highest BCUT2D eigenvalue weighted by atomic mass is 79.9. The van der Waals surface area contributed by atoms with E-state index < -0.39 is 0 Å². The van der Waals surface area contributed by atoms with Gasteiger partial charge in [-0.1, -0.05) is 15.9 Å². The molecule has 0 amide bonds. The fraction of sp³-hybridized carbons (Fsp3) is 0.222. The van der Waals surface area contributed by atoms with Gasteiger partial charge in [-0.3, -0.25) is 4.99 Å². The SMILES string of the molecule is Fc1cc(Br)c2c(c1)C=NCC2. The van der Waals surface area contributed by atoms with Gasteiger partial charge in [0.15, 0.2) is 0 Å². The lowest BCUT2D eigenvalue weighted by atomic mass is 10.0. The molecule has 2 rings (SSSR count). The third-order valence-electron chi connectivity index (χ3n) is 1.92. The molecule has 0 N–H and O–H groups in total. The van der Waals surface area contributed by atoms with E-state index in [1.807, 2.05) is 0 Å². The Hall–Kier alpha value is -0.700. The van der Waals surface area contributed by atoms with Crippen molar-refractivity contribution < 1.29 is 4.39 Å². The van der Waals surface area contributed by atoms with Crippen LogP contribution in [-0.4, -0.2) is 12.8 Å². The second-order valence-electron chi connectivity index (χ2n) is 2.74. The van der Waals surface area contributed by atoms with Crippen molar-refractivity contribution in [3.05, 3.63) is 33.5 Å². The molecule has 1 heterocycles. The summed E-state index contributed by atoms with van der Waals surface area (Å²) in [6.45, 7) is 0.803. The maximum absolute atomic E-state index is 12.9. The van der Waals surface area contributed by atoms with Gasteiger partial charge in [-0.05, 0) is 29.7 Å². The van der Waals surface area contributed by atoms with E-state index in [2.05, 4.69) is 20.9 Å². The van der Waals surface area contributed by atoms with E-state index in [0.29, 0.717) is 0 Å². The highest BCUT2D eigenvalue weighted by molar-refractivity contribution is 9.10. The van der Waals surface area contributed by atoms with Crippen LogP contribution in [0.5, 0.6) is 0 Å². The molecule has 1 nitrogen and oxygen atoms in total. The molecule has 0 saturated heterocycles. The average molecular weight is 228 g/mol. The van der Waals surface area contributed by atoms with Gasteiger partial charge in [-0.25, -0.2) is 4.39 Å². The monoisotopic (exact) mass is 227 g/mol. The molecule has 0 bridgehead atoms. The number of benzene rings is 1. The van der Waals surface area contributed by atoms with Crippen molar-refractivity contribution in [1.82, 2.24) is 0 Å². The molecule has 62 valence electrons. The smallest absolute Gasteiger partial charge is 0.125 e. The van der Waals surface area contributed by atoms with Crippen LogP contribution < -0.4 is 0 Å². The minimum atomic E-state index is -0.214.